The molecule has 1 aliphatic heterocycles. The molecule has 114 valence electrons. The highest BCUT2D eigenvalue weighted by atomic mass is 28.4. The third kappa shape index (κ3) is 3.38. The van der Waals surface area contributed by atoms with Crippen molar-refractivity contribution in [1.29, 1.82) is 0 Å². The van der Waals surface area contributed by atoms with Gasteiger partial charge in [-0.2, -0.15) is 0 Å². The Morgan fingerprint density at radius 1 is 0.955 bits per heavy atom. The van der Waals surface area contributed by atoms with Crippen LogP contribution >= 0.6 is 0 Å². The molecule has 2 aromatic rings. The molecule has 0 spiro atoms. The molecule has 22 heavy (non-hydrogen) atoms. The number of hydrogen-bond donors (Lipinski definition) is 0. The van der Waals surface area contributed by atoms with E-state index in [2.05, 4.69) is 73.8 Å². The van der Waals surface area contributed by atoms with Gasteiger partial charge in [-0.25, -0.2) is 0 Å². The molecule has 0 aromatic heterocycles. The zero-order chi connectivity index (χ0) is 15.6. The lowest BCUT2D eigenvalue weighted by Crippen LogP contribution is -2.37. The Kier molecular flexibility index (Phi) is 4.29. The highest BCUT2D eigenvalue weighted by Gasteiger charge is 2.32. The first-order chi connectivity index (χ1) is 10.6. The lowest BCUT2D eigenvalue weighted by molar-refractivity contribution is 0.151. The van der Waals surface area contributed by atoms with Crippen molar-refractivity contribution in [2.24, 2.45) is 0 Å². The van der Waals surface area contributed by atoms with Crippen LogP contribution in [-0.2, 0) is 8.85 Å². The van der Waals surface area contributed by atoms with Gasteiger partial charge in [0.2, 0.25) is 0 Å². The van der Waals surface area contributed by atoms with E-state index in [0.717, 1.165) is 0 Å². The summed E-state index contributed by atoms with van der Waals surface area (Å²) in [4.78, 5) is 0. The zero-order valence-electron chi connectivity index (χ0n) is 13.3. The van der Waals surface area contributed by atoms with E-state index >= 15 is 0 Å². The smallest absolute Gasteiger partial charge is 0.333 e. The van der Waals surface area contributed by atoms with Crippen molar-refractivity contribution in [2.75, 3.05) is 0 Å². The van der Waals surface area contributed by atoms with Gasteiger partial charge in [-0.05, 0) is 42.4 Å². The fraction of sp³-hybridized carbons (Fsp3) is 0.263. The number of benzene rings is 2. The molecule has 0 unspecified atom stereocenters. The maximum Gasteiger partial charge on any atom is 0.333 e. The predicted molar refractivity (Wildman–Crippen MR) is 94.1 cm³/mol. The standard InChI is InChI=1S/C19H22O2Si/c1-4-7-18-12-13-19(21-22(2,3)20-18)17-11-10-15-8-5-6-9-16(15)14-17/h4-14,18-19H,1-3H3/b7-4+/t18-,19+/m0/s1. The second-order valence-electron chi connectivity index (χ2n) is 6.04. The van der Waals surface area contributed by atoms with Gasteiger partial charge in [-0.1, -0.05) is 60.7 Å². The van der Waals surface area contributed by atoms with E-state index in [9.17, 15) is 0 Å². The Bertz CT molecular complexity index is 718. The number of fused-ring (bicyclic) bond motifs is 1. The molecule has 0 radical (unpaired) electrons. The van der Waals surface area contributed by atoms with Crippen molar-refractivity contribution < 1.29 is 8.85 Å². The Labute approximate surface area is 133 Å². The molecule has 0 amide bonds. The molecule has 0 N–H and O–H groups in total. The molecule has 0 saturated carbocycles. The summed E-state index contributed by atoms with van der Waals surface area (Å²) < 4.78 is 12.4. The minimum absolute atomic E-state index is 0.0112. The molecular weight excluding hydrogens is 288 g/mol. The Hall–Kier alpha value is -1.68. The van der Waals surface area contributed by atoms with Gasteiger partial charge < -0.3 is 8.85 Å². The molecule has 1 aliphatic rings. The fourth-order valence-corrected chi connectivity index (χ4v) is 4.50. The van der Waals surface area contributed by atoms with Crippen LogP contribution < -0.4 is 0 Å². The molecule has 0 fully saturated rings. The van der Waals surface area contributed by atoms with Crippen LogP contribution in [0.1, 0.15) is 18.6 Å². The Morgan fingerprint density at radius 2 is 1.73 bits per heavy atom. The predicted octanol–water partition coefficient (Wildman–Crippen LogP) is 5.13. The van der Waals surface area contributed by atoms with Gasteiger partial charge in [0, 0.05) is 0 Å². The normalized spacial score (nSPS) is 24.7. The molecule has 0 bridgehead atoms. The maximum absolute atomic E-state index is 6.31. The van der Waals surface area contributed by atoms with Gasteiger partial charge >= 0.3 is 8.56 Å². The minimum atomic E-state index is -2.17. The number of allylic oxidation sites excluding steroid dienone is 1. The summed E-state index contributed by atoms with van der Waals surface area (Å²) in [5.74, 6) is 0. The molecule has 0 saturated heterocycles. The van der Waals surface area contributed by atoms with Crippen molar-refractivity contribution in [1.82, 2.24) is 0 Å². The van der Waals surface area contributed by atoms with Crippen LogP contribution in [-0.4, -0.2) is 14.7 Å². The molecule has 3 heteroatoms. The maximum atomic E-state index is 6.31. The second kappa shape index (κ2) is 6.21. The number of hydrogen-bond acceptors (Lipinski definition) is 2. The van der Waals surface area contributed by atoms with Crippen LogP contribution in [0.2, 0.25) is 13.1 Å². The first-order valence-corrected chi connectivity index (χ1v) is 10.5. The van der Waals surface area contributed by atoms with Crippen molar-refractivity contribution in [2.45, 2.75) is 32.2 Å². The minimum Gasteiger partial charge on any atom is -0.384 e. The van der Waals surface area contributed by atoms with Gasteiger partial charge in [0.25, 0.3) is 0 Å². The van der Waals surface area contributed by atoms with E-state index in [1.807, 2.05) is 13.0 Å². The topological polar surface area (TPSA) is 18.5 Å². The van der Waals surface area contributed by atoms with Gasteiger partial charge in [-0.15, -0.1) is 0 Å². The van der Waals surface area contributed by atoms with Crippen LogP contribution in [0, 0.1) is 0 Å². The lowest BCUT2D eigenvalue weighted by atomic mass is 10.0. The van der Waals surface area contributed by atoms with Crippen molar-refractivity contribution in [3.63, 3.8) is 0 Å². The summed E-state index contributed by atoms with van der Waals surface area (Å²) in [6, 6.07) is 14.9. The summed E-state index contributed by atoms with van der Waals surface area (Å²) in [5, 5.41) is 2.50. The van der Waals surface area contributed by atoms with Crippen LogP contribution in [0.4, 0.5) is 0 Å². The van der Waals surface area contributed by atoms with Gasteiger partial charge in [0.15, 0.2) is 0 Å². The second-order valence-corrected chi connectivity index (χ2v) is 9.31. The van der Waals surface area contributed by atoms with Crippen molar-refractivity contribution in [3.8, 4) is 0 Å². The molecule has 0 aliphatic carbocycles. The molecule has 2 atom stereocenters. The lowest BCUT2D eigenvalue weighted by Gasteiger charge is -2.27. The Balaban J connectivity index is 1.95. The third-order valence-electron chi connectivity index (χ3n) is 3.79. The Morgan fingerprint density at radius 3 is 2.50 bits per heavy atom. The summed E-state index contributed by atoms with van der Waals surface area (Å²) in [5.41, 5.74) is 1.18. The highest BCUT2D eigenvalue weighted by molar-refractivity contribution is 6.64. The number of rotatable bonds is 2. The summed E-state index contributed by atoms with van der Waals surface area (Å²) >= 11 is 0. The van der Waals surface area contributed by atoms with Crippen LogP contribution in [0.15, 0.2) is 66.8 Å². The van der Waals surface area contributed by atoms with Gasteiger partial charge in [0.1, 0.15) is 0 Å². The molecule has 2 nitrogen and oxygen atoms in total. The van der Waals surface area contributed by atoms with Crippen molar-refractivity contribution in [3.05, 3.63) is 72.3 Å². The average Bonchev–Trinajstić information content (AvgIpc) is 2.65. The monoisotopic (exact) mass is 310 g/mol. The van der Waals surface area contributed by atoms with Crippen LogP contribution in [0.3, 0.4) is 0 Å². The first kappa shape index (κ1) is 15.2. The molecular formula is C19H22O2Si. The quantitative estimate of drug-likeness (QED) is 0.565. The van der Waals surface area contributed by atoms with Crippen LogP contribution in [0.5, 0.6) is 0 Å². The summed E-state index contributed by atoms with van der Waals surface area (Å²) in [6.07, 6.45) is 8.28. The molecule has 3 rings (SSSR count). The van der Waals surface area contributed by atoms with E-state index < -0.39 is 8.56 Å². The van der Waals surface area contributed by atoms with E-state index in [1.54, 1.807) is 0 Å². The highest BCUT2D eigenvalue weighted by Crippen LogP contribution is 2.30. The van der Waals surface area contributed by atoms with E-state index in [4.69, 9.17) is 8.85 Å². The molecule has 2 aromatic carbocycles. The van der Waals surface area contributed by atoms with Gasteiger partial charge in [-0.3, -0.25) is 0 Å². The van der Waals surface area contributed by atoms with Crippen molar-refractivity contribution >= 4 is 19.3 Å². The van der Waals surface area contributed by atoms with E-state index in [-0.39, 0.29) is 12.2 Å². The molecule has 1 heterocycles. The van der Waals surface area contributed by atoms with E-state index in [0.29, 0.717) is 0 Å². The SMILES string of the molecule is C/C=C/[C@H]1C=C[C@H](c2ccc3ccccc3c2)O[Si](C)(C)O1. The van der Waals surface area contributed by atoms with Crippen LogP contribution in [0.25, 0.3) is 10.8 Å². The zero-order valence-corrected chi connectivity index (χ0v) is 14.3. The first-order valence-electron chi connectivity index (χ1n) is 7.73. The summed E-state index contributed by atoms with van der Waals surface area (Å²) in [6.45, 7) is 6.22. The average molecular weight is 310 g/mol. The largest absolute Gasteiger partial charge is 0.384 e. The summed E-state index contributed by atoms with van der Waals surface area (Å²) in [7, 11) is -2.17. The van der Waals surface area contributed by atoms with Gasteiger partial charge in [0.05, 0.1) is 12.2 Å². The fourth-order valence-electron chi connectivity index (χ4n) is 2.81. The third-order valence-corrected chi connectivity index (χ3v) is 5.45. The van der Waals surface area contributed by atoms with E-state index in [1.165, 1.54) is 16.3 Å².